The predicted molar refractivity (Wildman–Crippen MR) is 108 cm³/mol. The molecule has 0 radical (unpaired) electrons. The molecule has 0 spiro atoms. The number of ether oxygens (including phenoxy) is 1. The van der Waals surface area contributed by atoms with Gasteiger partial charge in [-0.25, -0.2) is 0 Å². The minimum absolute atomic E-state index is 0. The molecular weight excluding hydrogens is 489 g/mol. The van der Waals surface area contributed by atoms with Crippen LogP contribution in [0.25, 0.3) is 0 Å². The molecule has 2 unspecified atom stereocenters. The fraction of sp³-hybridized carbons (Fsp3) is 0.625. The van der Waals surface area contributed by atoms with Crippen LogP contribution in [0.1, 0.15) is 19.6 Å². The second-order valence-corrected chi connectivity index (χ2v) is 6.48. The molecule has 0 bridgehead atoms. The number of likely N-dealkylation sites (tertiary alicyclic amines) is 1. The van der Waals surface area contributed by atoms with Crippen molar-refractivity contribution < 1.29 is 13.9 Å². The number of rotatable bonds is 5. The summed E-state index contributed by atoms with van der Waals surface area (Å²) in [6.45, 7) is 6.99. The van der Waals surface area contributed by atoms with Crippen LogP contribution in [0.5, 0.6) is 0 Å². The molecule has 1 saturated heterocycles. The molecule has 24 heavy (non-hydrogen) atoms. The Morgan fingerprint density at radius 3 is 2.83 bits per heavy atom. The average molecular weight is 514 g/mol. The van der Waals surface area contributed by atoms with Crippen molar-refractivity contribution in [3.63, 3.8) is 0 Å². The van der Waals surface area contributed by atoms with Crippen LogP contribution in [0.4, 0.5) is 0 Å². The van der Waals surface area contributed by atoms with Gasteiger partial charge in [0.15, 0.2) is 10.6 Å². The summed E-state index contributed by atoms with van der Waals surface area (Å²) in [6.07, 6.45) is 0.740. The highest BCUT2D eigenvalue weighted by Crippen LogP contribution is 2.24. The first-order valence-electron chi connectivity index (χ1n) is 7.90. The number of nitrogens with one attached hydrogen (secondary N) is 1. The summed E-state index contributed by atoms with van der Waals surface area (Å²) in [5, 5.41) is 3.30. The second-order valence-electron chi connectivity index (χ2n) is 5.70. The zero-order valence-electron chi connectivity index (χ0n) is 14.3. The standard InChI is InChI=1S/C16H24BrN3O3.HI/c1-4-18-16(19-8-7-12-5-6-14(17)23-12)20-9-11(2)13(10-20)15(21)22-3;/h5-6,11,13H,4,7-10H2,1-3H3,(H,18,19);1H. The van der Waals surface area contributed by atoms with E-state index in [0.717, 1.165) is 35.9 Å². The maximum Gasteiger partial charge on any atom is 0.310 e. The molecule has 2 heterocycles. The van der Waals surface area contributed by atoms with Gasteiger partial charge in [0, 0.05) is 32.6 Å². The number of esters is 1. The molecule has 0 aliphatic carbocycles. The van der Waals surface area contributed by atoms with Crippen molar-refractivity contribution in [2.45, 2.75) is 20.3 Å². The monoisotopic (exact) mass is 513 g/mol. The number of guanidine groups is 1. The Morgan fingerprint density at radius 1 is 1.50 bits per heavy atom. The van der Waals surface area contributed by atoms with Crippen LogP contribution < -0.4 is 5.32 Å². The number of methoxy groups -OCH3 is 1. The molecule has 2 rings (SSSR count). The lowest BCUT2D eigenvalue weighted by Crippen LogP contribution is -2.40. The Labute approximate surface area is 168 Å². The highest BCUT2D eigenvalue weighted by atomic mass is 127. The van der Waals surface area contributed by atoms with E-state index in [0.29, 0.717) is 13.1 Å². The smallest absolute Gasteiger partial charge is 0.310 e. The minimum atomic E-state index is -0.142. The molecule has 1 N–H and O–H groups in total. The first-order chi connectivity index (χ1) is 11.0. The lowest BCUT2D eigenvalue weighted by atomic mass is 9.99. The van der Waals surface area contributed by atoms with Crippen molar-refractivity contribution in [2.24, 2.45) is 16.8 Å². The first kappa shape index (κ1) is 21.3. The fourth-order valence-corrected chi connectivity index (χ4v) is 3.12. The highest BCUT2D eigenvalue weighted by molar-refractivity contribution is 14.0. The Morgan fingerprint density at radius 2 is 2.25 bits per heavy atom. The number of hydrogen-bond donors (Lipinski definition) is 1. The van der Waals surface area contributed by atoms with Crippen molar-refractivity contribution in [1.29, 1.82) is 0 Å². The zero-order chi connectivity index (χ0) is 16.8. The summed E-state index contributed by atoms with van der Waals surface area (Å²) in [6, 6.07) is 3.82. The van der Waals surface area contributed by atoms with E-state index in [2.05, 4.69) is 38.1 Å². The summed E-state index contributed by atoms with van der Waals surface area (Å²) in [7, 11) is 1.44. The highest BCUT2D eigenvalue weighted by Gasteiger charge is 2.36. The molecule has 6 nitrogen and oxygen atoms in total. The largest absolute Gasteiger partial charge is 0.469 e. The van der Waals surface area contributed by atoms with Crippen molar-refractivity contribution >= 4 is 51.8 Å². The summed E-state index contributed by atoms with van der Waals surface area (Å²) >= 11 is 3.30. The summed E-state index contributed by atoms with van der Waals surface area (Å²) in [5.41, 5.74) is 0. The minimum Gasteiger partial charge on any atom is -0.469 e. The van der Waals surface area contributed by atoms with E-state index >= 15 is 0 Å². The maximum atomic E-state index is 11.8. The summed E-state index contributed by atoms with van der Waals surface area (Å²) in [4.78, 5) is 18.6. The van der Waals surface area contributed by atoms with Crippen molar-refractivity contribution in [2.75, 3.05) is 33.3 Å². The molecule has 1 fully saturated rings. The number of carbonyl (C=O) groups is 1. The van der Waals surface area contributed by atoms with E-state index in [1.807, 2.05) is 19.1 Å². The fourth-order valence-electron chi connectivity index (χ4n) is 2.78. The normalized spacial score (nSPS) is 20.7. The third-order valence-electron chi connectivity index (χ3n) is 4.00. The van der Waals surface area contributed by atoms with Crippen molar-refractivity contribution in [3.8, 4) is 0 Å². The Kier molecular flexibility index (Phi) is 9.11. The molecule has 136 valence electrons. The van der Waals surface area contributed by atoms with Gasteiger partial charge in [0.2, 0.25) is 0 Å². The lowest BCUT2D eigenvalue weighted by molar-refractivity contribution is -0.145. The van der Waals surface area contributed by atoms with E-state index in [-0.39, 0.29) is 41.8 Å². The maximum absolute atomic E-state index is 11.8. The number of aliphatic imine (C=N–C) groups is 1. The van der Waals surface area contributed by atoms with Crippen LogP contribution in [0.2, 0.25) is 0 Å². The SMILES string of the molecule is CCNC(=NCCc1ccc(Br)o1)N1CC(C)C(C(=O)OC)C1.I. The quantitative estimate of drug-likeness (QED) is 0.284. The van der Waals surface area contributed by atoms with Crippen LogP contribution in [0.15, 0.2) is 26.2 Å². The van der Waals surface area contributed by atoms with Crippen LogP contribution in [0.3, 0.4) is 0 Å². The van der Waals surface area contributed by atoms with Crippen LogP contribution in [-0.4, -0.2) is 50.1 Å². The molecule has 8 heteroatoms. The van der Waals surface area contributed by atoms with E-state index in [1.54, 1.807) is 0 Å². The number of nitrogens with zero attached hydrogens (tertiary/aromatic N) is 2. The van der Waals surface area contributed by atoms with Gasteiger partial charge in [-0.3, -0.25) is 9.79 Å². The zero-order valence-corrected chi connectivity index (χ0v) is 18.2. The molecule has 1 aliphatic heterocycles. The first-order valence-corrected chi connectivity index (χ1v) is 8.69. The Hall–Kier alpha value is -0.770. The molecule has 1 aromatic heterocycles. The summed E-state index contributed by atoms with van der Waals surface area (Å²) < 4.78 is 11.1. The van der Waals surface area contributed by atoms with E-state index in [1.165, 1.54) is 7.11 Å². The summed E-state index contributed by atoms with van der Waals surface area (Å²) in [5.74, 6) is 1.77. The lowest BCUT2D eigenvalue weighted by Gasteiger charge is -2.21. The number of carbonyl (C=O) groups excluding carboxylic acids is 1. The molecule has 0 saturated carbocycles. The van der Waals surface area contributed by atoms with Gasteiger partial charge in [0.05, 0.1) is 13.0 Å². The van der Waals surface area contributed by atoms with Gasteiger partial charge in [0.25, 0.3) is 0 Å². The van der Waals surface area contributed by atoms with Gasteiger partial charge < -0.3 is 19.4 Å². The van der Waals surface area contributed by atoms with Crippen LogP contribution >= 0.6 is 39.9 Å². The van der Waals surface area contributed by atoms with Crippen molar-refractivity contribution in [3.05, 3.63) is 22.6 Å². The van der Waals surface area contributed by atoms with Crippen LogP contribution in [-0.2, 0) is 16.0 Å². The van der Waals surface area contributed by atoms with E-state index in [9.17, 15) is 4.79 Å². The Bertz CT molecular complexity index is 565. The molecule has 1 aliphatic rings. The van der Waals surface area contributed by atoms with Gasteiger partial charge >= 0.3 is 5.97 Å². The van der Waals surface area contributed by atoms with Gasteiger partial charge in [0.1, 0.15) is 5.76 Å². The molecule has 2 atom stereocenters. The second kappa shape index (κ2) is 10.3. The predicted octanol–water partition coefficient (Wildman–Crippen LogP) is 2.91. The third-order valence-corrected chi connectivity index (χ3v) is 4.43. The number of hydrogen-bond acceptors (Lipinski definition) is 4. The number of furan rings is 1. The molecular formula is C16H25BrIN3O3. The molecule has 0 aromatic carbocycles. The third kappa shape index (κ3) is 5.65. The van der Waals surface area contributed by atoms with Crippen molar-refractivity contribution in [1.82, 2.24) is 10.2 Å². The Balaban J connectivity index is 0.00000288. The topological polar surface area (TPSA) is 67.1 Å². The average Bonchev–Trinajstić information content (AvgIpc) is 3.11. The van der Waals surface area contributed by atoms with E-state index in [4.69, 9.17) is 9.15 Å². The van der Waals surface area contributed by atoms with Gasteiger partial charge in [-0.2, -0.15) is 0 Å². The van der Waals surface area contributed by atoms with Gasteiger partial charge in [-0.15, -0.1) is 24.0 Å². The van der Waals surface area contributed by atoms with E-state index < -0.39 is 0 Å². The van der Waals surface area contributed by atoms with Gasteiger partial charge in [-0.1, -0.05) is 6.92 Å². The van der Waals surface area contributed by atoms with Crippen LogP contribution in [0, 0.1) is 11.8 Å². The number of halogens is 2. The molecule has 0 amide bonds. The van der Waals surface area contributed by atoms with Gasteiger partial charge in [-0.05, 0) is 40.9 Å². The molecule has 1 aromatic rings.